The van der Waals surface area contributed by atoms with Crippen LogP contribution in [0.15, 0.2) is 11.8 Å². The van der Waals surface area contributed by atoms with Crippen molar-refractivity contribution in [3.05, 3.63) is 11.8 Å². The van der Waals surface area contributed by atoms with Crippen molar-refractivity contribution in [3.63, 3.8) is 0 Å². The Bertz CT molecular complexity index is 287. The predicted molar refractivity (Wildman–Crippen MR) is 56.6 cm³/mol. The largest absolute Gasteiger partial charge is 0.500 e. The molecule has 0 N–H and O–H groups in total. The zero-order chi connectivity index (χ0) is 13.3. The van der Waals surface area contributed by atoms with Gasteiger partial charge in [0.25, 0.3) is 0 Å². The molecule has 0 radical (unpaired) electrons. The summed E-state index contributed by atoms with van der Waals surface area (Å²) in [7, 11) is 0. The van der Waals surface area contributed by atoms with Crippen LogP contribution >= 0.6 is 0 Å². The van der Waals surface area contributed by atoms with Crippen molar-refractivity contribution in [2.24, 2.45) is 0 Å². The average molecular weight is 250 g/mol. The summed E-state index contributed by atoms with van der Waals surface area (Å²) in [5.41, 5.74) is -0.752. The minimum Gasteiger partial charge on any atom is -0.500 e. The number of ether oxygens (including phenoxy) is 2. The van der Waals surface area contributed by atoms with E-state index in [1.807, 2.05) is 6.92 Å². The molecule has 0 bridgehead atoms. The number of ketones is 1. The number of rotatable bonds is 8. The molecule has 6 heteroatoms. The van der Waals surface area contributed by atoms with E-state index < -0.39 is 23.8 Å². The molecule has 0 aromatic carbocycles. The van der Waals surface area contributed by atoms with Gasteiger partial charge in [-0.05, 0) is 13.3 Å². The lowest BCUT2D eigenvalue weighted by atomic mass is 10.2. The molecule has 0 atom stereocenters. The van der Waals surface area contributed by atoms with Crippen LogP contribution in [-0.2, 0) is 19.1 Å². The van der Waals surface area contributed by atoms with Gasteiger partial charge in [-0.2, -0.15) is 0 Å². The number of unbranched alkanes of at least 4 members (excludes halogenated alkanes) is 1. The standard InChI is InChI=1S/C11H16F2O4/c1-3-5-6-17-11(15)8(7-16-4-2)9(14)10(12)13/h7,10H,3-6H2,1-2H3/b8-7+. The number of carbonyl (C=O) groups excluding carboxylic acids is 2. The summed E-state index contributed by atoms with van der Waals surface area (Å²) in [5.74, 6) is -2.66. The second kappa shape index (κ2) is 8.66. The molecule has 0 unspecified atom stereocenters. The van der Waals surface area contributed by atoms with E-state index in [1.165, 1.54) is 0 Å². The Morgan fingerprint density at radius 3 is 2.41 bits per heavy atom. The van der Waals surface area contributed by atoms with Crippen molar-refractivity contribution in [2.45, 2.75) is 33.1 Å². The molecule has 0 spiro atoms. The van der Waals surface area contributed by atoms with Crippen LogP contribution in [-0.4, -0.2) is 31.4 Å². The Hall–Kier alpha value is -1.46. The molecule has 0 saturated carbocycles. The Kier molecular flexibility index (Phi) is 7.92. The van der Waals surface area contributed by atoms with Crippen LogP contribution in [0.4, 0.5) is 8.78 Å². The fraction of sp³-hybridized carbons (Fsp3) is 0.636. The third kappa shape index (κ3) is 5.99. The molecule has 0 aliphatic carbocycles. The molecular weight excluding hydrogens is 234 g/mol. The van der Waals surface area contributed by atoms with E-state index in [-0.39, 0.29) is 13.2 Å². The van der Waals surface area contributed by atoms with Crippen LogP contribution in [0.1, 0.15) is 26.7 Å². The van der Waals surface area contributed by atoms with Gasteiger partial charge < -0.3 is 9.47 Å². The smallest absolute Gasteiger partial charge is 0.345 e. The molecular formula is C11H16F2O4. The topological polar surface area (TPSA) is 52.6 Å². The van der Waals surface area contributed by atoms with E-state index in [0.717, 1.165) is 12.7 Å². The lowest BCUT2D eigenvalue weighted by molar-refractivity contribution is -0.142. The maximum atomic E-state index is 12.2. The van der Waals surface area contributed by atoms with Crippen molar-refractivity contribution in [2.75, 3.05) is 13.2 Å². The minimum absolute atomic E-state index is 0.0926. The number of esters is 1. The summed E-state index contributed by atoms with van der Waals surface area (Å²) in [6.45, 7) is 3.75. The van der Waals surface area contributed by atoms with E-state index in [1.54, 1.807) is 6.92 Å². The molecule has 0 rings (SSSR count). The zero-order valence-corrected chi connectivity index (χ0v) is 9.87. The van der Waals surface area contributed by atoms with Gasteiger partial charge in [0.2, 0.25) is 5.78 Å². The van der Waals surface area contributed by atoms with E-state index in [0.29, 0.717) is 6.42 Å². The highest BCUT2D eigenvalue weighted by atomic mass is 19.3. The van der Waals surface area contributed by atoms with Gasteiger partial charge in [0.05, 0.1) is 13.2 Å². The molecule has 0 aromatic heterocycles. The summed E-state index contributed by atoms with van der Waals surface area (Å²) in [6, 6.07) is 0. The number of carbonyl (C=O) groups is 2. The van der Waals surface area contributed by atoms with E-state index >= 15 is 0 Å². The first-order valence-corrected chi connectivity index (χ1v) is 5.35. The quantitative estimate of drug-likeness (QED) is 0.165. The van der Waals surface area contributed by atoms with E-state index in [9.17, 15) is 18.4 Å². The first kappa shape index (κ1) is 15.5. The van der Waals surface area contributed by atoms with Gasteiger partial charge in [0.15, 0.2) is 0 Å². The molecule has 0 fully saturated rings. The monoisotopic (exact) mass is 250 g/mol. The molecule has 0 heterocycles. The predicted octanol–water partition coefficient (Wildman–Crippen LogP) is 2.08. The van der Waals surface area contributed by atoms with Gasteiger partial charge in [-0.15, -0.1) is 0 Å². The molecule has 0 aromatic rings. The van der Waals surface area contributed by atoms with Crippen LogP contribution < -0.4 is 0 Å². The lowest BCUT2D eigenvalue weighted by Gasteiger charge is -2.06. The van der Waals surface area contributed by atoms with Crippen LogP contribution in [0.3, 0.4) is 0 Å². The van der Waals surface area contributed by atoms with Gasteiger partial charge in [-0.3, -0.25) is 4.79 Å². The van der Waals surface area contributed by atoms with Crippen LogP contribution in [0.5, 0.6) is 0 Å². The normalized spacial score (nSPS) is 11.5. The minimum atomic E-state index is -3.25. The number of halogens is 2. The van der Waals surface area contributed by atoms with Crippen molar-refractivity contribution in [3.8, 4) is 0 Å². The summed E-state index contributed by atoms with van der Waals surface area (Å²) >= 11 is 0. The highest BCUT2D eigenvalue weighted by molar-refractivity contribution is 6.18. The second-order valence-electron chi connectivity index (χ2n) is 3.14. The Morgan fingerprint density at radius 2 is 1.94 bits per heavy atom. The summed E-state index contributed by atoms with van der Waals surface area (Å²) in [6.07, 6.45) is -1.12. The fourth-order valence-corrected chi connectivity index (χ4v) is 0.878. The van der Waals surface area contributed by atoms with Crippen molar-refractivity contribution in [1.29, 1.82) is 0 Å². The van der Waals surface area contributed by atoms with Crippen LogP contribution in [0.2, 0.25) is 0 Å². The first-order chi connectivity index (χ1) is 8.04. The zero-order valence-electron chi connectivity index (χ0n) is 9.87. The Morgan fingerprint density at radius 1 is 1.29 bits per heavy atom. The highest BCUT2D eigenvalue weighted by Crippen LogP contribution is 2.08. The molecule has 4 nitrogen and oxygen atoms in total. The molecule has 0 aliphatic heterocycles. The van der Waals surface area contributed by atoms with Gasteiger partial charge >= 0.3 is 12.4 Å². The highest BCUT2D eigenvalue weighted by Gasteiger charge is 2.27. The third-order valence-electron chi connectivity index (χ3n) is 1.78. The first-order valence-electron chi connectivity index (χ1n) is 5.35. The van der Waals surface area contributed by atoms with Crippen LogP contribution in [0, 0.1) is 0 Å². The molecule has 0 saturated heterocycles. The number of hydrogen-bond acceptors (Lipinski definition) is 4. The maximum absolute atomic E-state index is 12.2. The summed E-state index contributed by atoms with van der Waals surface area (Å²) in [4.78, 5) is 22.4. The third-order valence-corrected chi connectivity index (χ3v) is 1.78. The van der Waals surface area contributed by atoms with Crippen molar-refractivity contribution < 1.29 is 27.8 Å². The van der Waals surface area contributed by atoms with E-state index in [4.69, 9.17) is 0 Å². The second-order valence-corrected chi connectivity index (χ2v) is 3.14. The van der Waals surface area contributed by atoms with E-state index in [2.05, 4.69) is 9.47 Å². The lowest BCUT2D eigenvalue weighted by Crippen LogP contribution is -2.22. The Labute approximate surface area is 98.6 Å². The number of alkyl halides is 2. The molecule has 17 heavy (non-hydrogen) atoms. The molecule has 0 amide bonds. The van der Waals surface area contributed by atoms with Gasteiger partial charge in [0, 0.05) is 0 Å². The number of Topliss-reactive ketones (excluding diaryl/α,β-unsaturated/α-hetero) is 1. The van der Waals surface area contributed by atoms with Gasteiger partial charge in [0.1, 0.15) is 11.8 Å². The summed E-state index contributed by atoms with van der Waals surface area (Å²) < 4.78 is 33.8. The maximum Gasteiger partial charge on any atom is 0.345 e. The number of hydrogen-bond donors (Lipinski definition) is 0. The van der Waals surface area contributed by atoms with Crippen molar-refractivity contribution >= 4 is 11.8 Å². The molecule has 98 valence electrons. The molecule has 0 aliphatic rings. The summed E-state index contributed by atoms with van der Waals surface area (Å²) in [5, 5.41) is 0. The van der Waals surface area contributed by atoms with Crippen LogP contribution in [0.25, 0.3) is 0 Å². The van der Waals surface area contributed by atoms with Crippen molar-refractivity contribution in [1.82, 2.24) is 0 Å². The Balaban J connectivity index is 4.57. The SMILES string of the molecule is CCCCOC(=O)/C(=C/OCC)C(=O)C(F)F. The fourth-order valence-electron chi connectivity index (χ4n) is 0.878. The van der Waals surface area contributed by atoms with Gasteiger partial charge in [-0.1, -0.05) is 13.3 Å². The average Bonchev–Trinajstić information content (AvgIpc) is 2.29. The van der Waals surface area contributed by atoms with Gasteiger partial charge in [-0.25, -0.2) is 13.6 Å².